The van der Waals surface area contributed by atoms with Crippen molar-refractivity contribution < 1.29 is 7.96 Å². The van der Waals surface area contributed by atoms with Crippen molar-refractivity contribution in [2.45, 2.75) is 4.90 Å². The summed E-state index contributed by atoms with van der Waals surface area (Å²) in [6.45, 7) is 0. The van der Waals surface area contributed by atoms with Crippen LogP contribution in [0.3, 0.4) is 0 Å². The van der Waals surface area contributed by atoms with E-state index >= 15 is 0 Å². The molecule has 3 heteroatoms. The first kappa shape index (κ1) is 9.63. The molecule has 0 saturated heterocycles. The van der Waals surface area contributed by atoms with Gasteiger partial charge in [0.1, 0.15) is 5.75 Å². The number of benzene rings is 1. The number of phenols is 1. The molecule has 1 aromatic rings. The summed E-state index contributed by atoms with van der Waals surface area (Å²) in [5.74, 6) is 0.232. The SMILES string of the molecule is Oc1ccccc1S.[Ca+2].[H-].[H-]. The number of aromatic hydroxyl groups is 1. The largest absolute Gasteiger partial charge is 2.00 e. The Morgan fingerprint density at radius 1 is 1.33 bits per heavy atom. The molecule has 1 N–H and O–H groups in total. The maximum atomic E-state index is 8.84. The van der Waals surface area contributed by atoms with E-state index < -0.39 is 0 Å². The molecule has 9 heavy (non-hydrogen) atoms. The van der Waals surface area contributed by atoms with E-state index in [9.17, 15) is 0 Å². The fourth-order valence-electron chi connectivity index (χ4n) is 0.464. The van der Waals surface area contributed by atoms with E-state index in [2.05, 4.69) is 12.6 Å². The molecule has 0 heterocycles. The van der Waals surface area contributed by atoms with Crippen molar-refractivity contribution in [3.8, 4) is 5.75 Å². The summed E-state index contributed by atoms with van der Waals surface area (Å²) in [5.41, 5.74) is 0. The number of rotatable bonds is 0. The summed E-state index contributed by atoms with van der Waals surface area (Å²) in [5, 5.41) is 8.84. The first-order chi connectivity index (χ1) is 3.80. The van der Waals surface area contributed by atoms with Crippen molar-refractivity contribution in [3.63, 3.8) is 0 Å². The summed E-state index contributed by atoms with van der Waals surface area (Å²) in [4.78, 5) is 0.618. The van der Waals surface area contributed by atoms with E-state index in [0.29, 0.717) is 4.90 Å². The third kappa shape index (κ3) is 2.80. The molecule has 1 aromatic carbocycles. The van der Waals surface area contributed by atoms with Crippen LogP contribution in [-0.4, -0.2) is 42.8 Å². The quantitative estimate of drug-likeness (QED) is 0.444. The molecule has 0 fully saturated rings. The number of thiol groups is 1. The van der Waals surface area contributed by atoms with Gasteiger partial charge in [-0.3, -0.25) is 0 Å². The van der Waals surface area contributed by atoms with Crippen LogP contribution in [0.1, 0.15) is 2.85 Å². The third-order valence-electron chi connectivity index (χ3n) is 0.882. The zero-order valence-corrected chi connectivity index (χ0v) is 8.01. The van der Waals surface area contributed by atoms with Crippen LogP contribution in [-0.2, 0) is 0 Å². The van der Waals surface area contributed by atoms with Crippen molar-refractivity contribution in [3.05, 3.63) is 24.3 Å². The summed E-state index contributed by atoms with van der Waals surface area (Å²) in [6.07, 6.45) is 0. The van der Waals surface area contributed by atoms with Crippen molar-refractivity contribution in [2.24, 2.45) is 0 Å². The second-order valence-corrected chi connectivity index (χ2v) is 1.97. The average Bonchev–Trinajstić information content (AvgIpc) is 1.77. The Morgan fingerprint density at radius 2 is 1.89 bits per heavy atom. The molecule has 1 nitrogen and oxygen atoms in total. The smallest absolute Gasteiger partial charge is 1.00 e. The molecule has 46 valence electrons. The van der Waals surface area contributed by atoms with Crippen molar-refractivity contribution in [1.82, 2.24) is 0 Å². The van der Waals surface area contributed by atoms with Crippen LogP contribution in [0.4, 0.5) is 0 Å². The molecular weight excluding hydrogens is 160 g/mol. The monoisotopic (exact) mass is 168 g/mol. The minimum absolute atomic E-state index is 0. The summed E-state index contributed by atoms with van der Waals surface area (Å²) in [6, 6.07) is 6.91. The van der Waals surface area contributed by atoms with Crippen LogP contribution < -0.4 is 0 Å². The number of phenolic OH excluding ortho intramolecular Hbond substituents is 1. The van der Waals surface area contributed by atoms with E-state index in [0.717, 1.165) is 0 Å². The summed E-state index contributed by atoms with van der Waals surface area (Å²) < 4.78 is 0. The Bertz CT molecular complexity index is 177. The number of hydrogen-bond acceptors (Lipinski definition) is 2. The third-order valence-corrected chi connectivity index (χ3v) is 1.26. The van der Waals surface area contributed by atoms with Gasteiger partial charge in [-0.1, -0.05) is 12.1 Å². The zero-order chi connectivity index (χ0) is 5.98. The van der Waals surface area contributed by atoms with Gasteiger partial charge in [0.05, 0.1) is 0 Å². The molecule has 0 saturated carbocycles. The standard InChI is InChI=1S/C6H6OS.Ca.2H/c7-5-3-1-2-4-6(5)8;;;/h1-4,7-8H;;;/q;+2;2*-1. The molecular formula is C6H8CaOS. The molecule has 0 unspecified atom stereocenters. The minimum Gasteiger partial charge on any atom is -1.00 e. The van der Waals surface area contributed by atoms with Gasteiger partial charge in [-0.05, 0) is 12.1 Å². The first-order valence-electron chi connectivity index (χ1n) is 2.27. The molecule has 0 amide bonds. The maximum absolute atomic E-state index is 8.84. The topological polar surface area (TPSA) is 20.2 Å². The van der Waals surface area contributed by atoms with Crippen molar-refractivity contribution in [1.29, 1.82) is 0 Å². The van der Waals surface area contributed by atoms with Gasteiger partial charge in [-0.15, -0.1) is 12.6 Å². The molecule has 0 aliphatic rings. The van der Waals surface area contributed by atoms with Crippen LogP contribution >= 0.6 is 12.6 Å². The Labute approximate surface area is 92.5 Å². The Kier molecular flexibility index (Phi) is 4.76. The predicted octanol–water partition coefficient (Wildman–Crippen LogP) is 1.53. The molecule has 0 aliphatic heterocycles. The summed E-state index contributed by atoms with van der Waals surface area (Å²) >= 11 is 3.95. The van der Waals surface area contributed by atoms with Crippen LogP contribution in [0.2, 0.25) is 0 Å². The molecule has 0 bridgehead atoms. The van der Waals surface area contributed by atoms with Crippen LogP contribution in [0, 0.1) is 0 Å². The van der Waals surface area contributed by atoms with Crippen molar-refractivity contribution >= 4 is 50.4 Å². The van der Waals surface area contributed by atoms with E-state index in [1.807, 2.05) is 6.07 Å². The summed E-state index contributed by atoms with van der Waals surface area (Å²) in [7, 11) is 0. The van der Waals surface area contributed by atoms with Gasteiger partial charge in [0.15, 0.2) is 0 Å². The van der Waals surface area contributed by atoms with Gasteiger partial charge in [0.25, 0.3) is 0 Å². The Hall–Kier alpha value is 0.630. The molecule has 0 atom stereocenters. The van der Waals surface area contributed by atoms with E-state index in [-0.39, 0.29) is 46.3 Å². The molecule has 1 rings (SSSR count). The van der Waals surface area contributed by atoms with Gasteiger partial charge in [-0.25, -0.2) is 0 Å². The van der Waals surface area contributed by atoms with E-state index in [4.69, 9.17) is 5.11 Å². The second kappa shape index (κ2) is 4.45. The minimum atomic E-state index is 0. The first-order valence-corrected chi connectivity index (χ1v) is 2.72. The fourth-order valence-corrected chi connectivity index (χ4v) is 0.625. The maximum Gasteiger partial charge on any atom is 2.00 e. The normalized spacial score (nSPS) is 8.11. The number of para-hydroxylation sites is 1. The van der Waals surface area contributed by atoms with Gasteiger partial charge >= 0.3 is 37.7 Å². The zero-order valence-electron chi connectivity index (χ0n) is 6.91. The van der Waals surface area contributed by atoms with E-state index in [1.165, 1.54) is 0 Å². The molecule has 0 radical (unpaired) electrons. The van der Waals surface area contributed by atoms with Gasteiger partial charge in [-0.2, -0.15) is 0 Å². The van der Waals surface area contributed by atoms with E-state index in [1.54, 1.807) is 18.2 Å². The second-order valence-electron chi connectivity index (χ2n) is 1.49. The number of hydrogen-bond donors (Lipinski definition) is 2. The molecule has 0 spiro atoms. The van der Waals surface area contributed by atoms with Crippen LogP contribution in [0.5, 0.6) is 5.75 Å². The Morgan fingerprint density at radius 3 is 2.22 bits per heavy atom. The Balaban J connectivity index is -0.000000213. The molecule has 0 aromatic heterocycles. The van der Waals surface area contributed by atoms with Gasteiger partial charge in [0, 0.05) is 4.90 Å². The molecule has 0 aliphatic carbocycles. The predicted molar refractivity (Wildman–Crippen MR) is 43.3 cm³/mol. The average molecular weight is 168 g/mol. The van der Waals surface area contributed by atoms with Crippen LogP contribution in [0.15, 0.2) is 29.2 Å². The van der Waals surface area contributed by atoms with Gasteiger partial charge < -0.3 is 7.96 Å². The van der Waals surface area contributed by atoms with Crippen LogP contribution in [0.25, 0.3) is 0 Å². The van der Waals surface area contributed by atoms with Gasteiger partial charge in [0.2, 0.25) is 0 Å². The fraction of sp³-hybridized carbons (Fsp3) is 0. The van der Waals surface area contributed by atoms with Crippen molar-refractivity contribution in [2.75, 3.05) is 0 Å².